The van der Waals surface area contributed by atoms with Crippen molar-refractivity contribution in [1.29, 1.82) is 5.41 Å². The van der Waals surface area contributed by atoms with E-state index in [0.717, 1.165) is 67.0 Å². The standard InChI is InChI=1S/C44H51N3O6.C22H22N3O4.CH2BNO.Y/c1-8-11-12-14-32-24-38(48)42(35-22-30(6)17-18-34(35)29(4)5)41(25-32)53-44(49)47(33-16-13-15-31(10-3)23-33)43-36-26-39(51-19-9-2)40(52-21-20-50-7)27-37(36)45-28-46-43;1-4-16-6-5-7-17(12-16)25-22-18-13-20(28-10-8-26-2)21(29-11-9-27-3)14-19(18)23-15-24-22;2-1(3)4;/h3,13,15-16,22-28,34-35,48H,4,8-9,11-12,14,17-21H2,1-2,5-7H3;1,5-7,12-15H,8-11H2,2-3H3;(H2,3,4);/q;-1;;. The zero-order valence-corrected chi connectivity index (χ0v) is 53.5. The third kappa shape index (κ3) is 20.3. The molecule has 3 N–H and O–H groups in total. The number of phenols is 1. The van der Waals surface area contributed by atoms with Gasteiger partial charge in [0.15, 0.2) is 36.7 Å². The largest absolute Gasteiger partial charge is 0.507 e. The SMILES string of the molecule is C#Cc1cccc(N(C(=O)Oc2cc(CCCCC)cc(O)c2C2C=C(C)CCC2C(=C)C)c2ncnc3cc(OCCOC)c(OCCC)cc23)c1.C#Cc1cccc([N-]c2ncnc3cc(OCCOC)c(OCCOC)cc23)c1.[B]C(=N)O.[Y]. The van der Waals surface area contributed by atoms with Crippen LogP contribution in [0.4, 0.5) is 27.8 Å². The Morgan fingerprint density at radius 1 is 0.747 bits per heavy atom. The van der Waals surface area contributed by atoms with E-state index in [2.05, 4.69) is 71.4 Å². The Morgan fingerprint density at radius 2 is 1.31 bits per heavy atom. The van der Waals surface area contributed by atoms with Gasteiger partial charge in [-0.15, -0.1) is 12.8 Å². The molecule has 0 spiro atoms. The van der Waals surface area contributed by atoms with Gasteiger partial charge in [0.05, 0.1) is 43.1 Å². The number of unbranched alkanes of at least 4 members (excludes halogenated alkanes) is 2. The maximum atomic E-state index is 14.9. The van der Waals surface area contributed by atoms with E-state index in [1.807, 2.05) is 62.4 Å². The molecule has 2 heterocycles. The van der Waals surface area contributed by atoms with Gasteiger partial charge in [-0.1, -0.05) is 80.5 Å². The number of anilines is 2. The Morgan fingerprint density at radius 3 is 1.90 bits per heavy atom. The molecule has 7 aromatic rings. The molecule has 2 unspecified atom stereocenters. The summed E-state index contributed by atoms with van der Waals surface area (Å²) in [5.41, 5.74) is 7.37. The van der Waals surface area contributed by atoms with Crippen LogP contribution in [0.15, 0.2) is 121 Å². The number of nitrogens with zero attached hydrogens (tertiary/aromatic N) is 6. The number of aliphatic hydroxyl groups excluding tert-OH is 1. The molecule has 18 nitrogen and oxygen atoms in total. The summed E-state index contributed by atoms with van der Waals surface area (Å²) in [5.74, 6) is 7.55. The van der Waals surface area contributed by atoms with Crippen molar-refractivity contribution in [2.75, 3.05) is 72.5 Å². The van der Waals surface area contributed by atoms with Crippen LogP contribution in [0, 0.1) is 36.0 Å². The fourth-order valence-corrected chi connectivity index (χ4v) is 9.43. The number of allylic oxidation sites excluding steroid dienone is 3. The van der Waals surface area contributed by atoms with Crippen LogP contribution in [0.1, 0.15) is 94.4 Å². The van der Waals surface area contributed by atoms with Crippen molar-refractivity contribution in [3.8, 4) is 59.2 Å². The number of phenolic OH excluding ortho intramolecular Hbond substituents is 1. The van der Waals surface area contributed by atoms with Crippen molar-refractivity contribution in [2.45, 2.75) is 78.6 Å². The minimum absolute atomic E-state index is 0. The summed E-state index contributed by atoms with van der Waals surface area (Å²) in [5, 5.41) is 30.9. The maximum Gasteiger partial charge on any atom is 0.425 e. The third-order valence-corrected chi connectivity index (χ3v) is 13.5. The number of aryl methyl sites for hydroxylation is 1. The Kier molecular flexibility index (Phi) is 29.0. The smallest absolute Gasteiger partial charge is 0.425 e. The topological polar surface area (TPSA) is 224 Å². The van der Waals surface area contributed by atoms with Gasteiger partial charge in [0.25, 0.3) is 0 Å². The second-order valence-corrected chi connectivity index (χ2v) is 20.0. The minimum Gasteiger partial charge on any atom is -0.507 e. The number of rotatable bonds is 26. The first-order valence-electron chi connectivity index (χ1n) is 28.3. The summed E-state index contributed by atoms with van der Waals surface area (Å²) in [7, 11) is 9.10. The van der Waals surface area contributed by atoms with E-state index in [1.54, 1.807) is 57.7 Å². The fraction of sp³-hybridized carbons (Fsp3) is 0.343. The van der Waals surface area contributed by atoms with Crippen LogP contribution in [-0.4, -0.2) is 117 Å². The van der Waals surface area contributed by atoms with Crippen molar-refractivity contribution in [3.05, 3.63) is 149 Å². The Labute approximate surface area is 537 Å². The van der Waals surface area contributed by atoms with Crippen molar-refractivity contribution < 1.29 is 85.6 Å². The van der Waals surface area contributed by atoms with E-state index < -0.39 is 11.9 Å². The van der Waals surface area contributed by atoms with Gasteiger partial charge in [-0.3, -0.25) is 10.4 Å². The van der Waals surface area contributed by atoms with E-state index >= 15 is 0 Å². The van der Waals surface area contributed by atoms with E-state index in [0.29, 0.717) is 120 Å². The molecule has 1 amide bonds. The van der Waals surface area contributed by atoms with Gasteiger partial charge in [0.1, 0.15) is 43.4 Å². The second-order valence-electron chi connectivity index (χ2n) is 20.0. The Balaban J connectivity index is 0.000000341. The number of benzene rings is 5. The molecule has 20 heteroatoms. The van der Waals surface area contributed by atoms with Gasteiger partial charge >= 0.3 is 6.09 Å². The fourth-order valence-electron chi connectivity index (χ4n) is 9.43. The molecule has 0 bridgehead atoms. The zero-order valence-electron chi connectivity index (χ0n) is 50.6. The monoisotopic (exact) mass is 1250 g/mol. The molecule has 451 valence electrons. The maximum absolute atomic E-state index is 14.9. The summed E-state index contributed by atoms with van der Waals surface area (Å²) in [4.78, 5) is 34.1. The van der Waals surface area contributed by atoms with E-state index in [9.17, 15) is 9.90 Å². The molecule has 2 aromatic heterocycles. The van der Waals surface area contributed by atoms with E-state index in [-0.39, 0.29) is 56.1 Å². The van der Waals surface area contributed by atoms with Crippen molar-refractivity contribution in [2.24, 2.45) is 5.92 Å². The normalized spacial score (nSPS) is 13.1. The molecule has 2 atom stereocenters. The zero-order chi connectivity index (χ0) is 62.0. The number of ether oxygens (including phenoxy) is 8. The molecule has 1 aliphatic carbocycles. The van der Waals surface area contributed by atoms with Crippen molar-refractivity contribution in [3.63, 3.8) is 0 Å². The van der Waals surface area contributed by atoms with Gasteiger partial charge in [-0.25, -0.2) is 19.7 Å². The molecule has 0 saturated heterocycles. The summed E-state index contributed by atoms with van der Waals surface area (Å²) in [6.07, 6.45) is 22.0. The number of aliphatic hydroxyl groups is 1. The predicted octanol–water partition coefficient (Wildman–Crippen LogP) is 13.9. The Hall–Kier alpha value is -8.03. The number of nitrogens with one attached hydrogen (secondary N) is 1. The number of amides is 1. The molecule has 0 saturated carbocycles. The van der Waals surface area contributed by atoms with Crippen LogP contribution in [-0.2, 0) is 53.3 Å². The summed E-state index contributed by atoms with van der Waals surface area (Å²) < 4.78 is 45.5. The van der Waals surface area contributed by atoms with Crippen LogP contribution in [0.5, 0.6) is 34.5 Å². The molecule has 5 aromatic carbocycles. The van der Waals surface area contributed by atoms with Crippen LogP contribution < -0.4 is 28.6 Å². The molecular weight excluding hydrogens is 1180 g/mol. The molecule has 87 heavy (non-hydrogen) atoms. The number of hydrogen-bond donors (Lipinski definition) is 3. The Bertz CT molecular complexity index is 3550. The van der Waals surface area contributed by atoms with E-state index in [1.165, 1.54) is 23.1 Å². The number of hydrogen-bond acceptors (Lipinski definition) is 15. The van der Waals surface area contributed by atoms with Crippen LogP contribution in [0.3, 0.4) is 0 Å². The van der Waals surface area contributed by atoms with Gasteiger partial charge in [-0.2, -0.15) is 0 Å². The number of aromatic hydroxyl groups is 1. The van der Waals surface area contributed by atoms with E-state index in [4.69, 9.17) is 61.3 Å². The number of terminal acetylenes is 2. The predicted molar refractivity (Wildman–Crippen MR) is 338 cm³/mol. The number of methoxy groups -OCH3 is 3. The quantitative estimate of drug-likeness (QED) is 0.0114. The molecule has 3 radical (unpaired) electrons. The third-order valence-electron chi connectivity index (χ3n) is 13.5. The molecule has 8 rings (SSSR count). The first-order valence-corrected chi connectivity index (χ1v) is 28.3. The van der Waals surface area contributed by atoms with Gasteiger partial charge in [0, 0.05) is 106 Å². The van der Waals surface area contributed by atoms with Crippen LogP contribution in [0.2, 0.25) is 0 Å². The first kappa shape index (κ1) is 69.7. The molecule has 0 fully saturated rings. The van der Waals surface area contributed by atoms with Gasteiger partial charge in [0.2, 0.25) is 0 Å². The molecular formula is C67H75BN7O11Y-. The number of carbonyl (C=O) groups is 1. The average Bonchev–Trinajstić information content (AvgIpc) is 0.928. The van der Waals surface area contributed by atoms with Crippen LogP contribution >= 0.6 is 0 Å². The minimum atomic E-state index is -0.833. The van der Waals surface area contributed by atoms with Gasteiger partial charge in [-0.05, 0) is 124 Å². The van der Waals surface area contributed by atoms with Crippen molar-refractivity contribution >= 4 is 64.6 Å². The van der Waals surface area contributed by atoms with Crippen molar-refractivity contribution in [1.82, 2.24) is 19.9 Å². The summed E-state index contributed by atoms with van der Waals surface area (Å²) in [6.45, 7) is 15.4. The summed E-state index contributed by atoms with van der Waals surface area (Å²) in [6, 6.07) is 25.4. The molecule has 0 aliphatic heterocycles. The number of carbonyl (C=O) groups excluding carboxylic acids is 1. The summed E-state index contributed by atoms with van der Waals surface area (Å²) >= 11 is 0. The second kappa shape index (κ2) is 36.2. The van der Waals surface area contributed by atoms with Gasteiger partial charge < -0.3 is 58.4 Å². The van der Waals surface area contributed by atoms with Crippen LogP contribution in [0.25, 0.3) is 27.1 Å². The molecule has 1 aliphatic rings. The number of aromatic nitrogens is 4. The average molecular weight is 1250 g/mol. The number of fused-ring (bicyclic) bond motifs is 2. The first-order chi connectivity index (χ1) is 41.7.